The third-order valence-electron chi connectivity index (χ3n) is 4.92. The van der Waals surface area contributed by atoms with Crippen LogP contribution in [0.5, 0.6) is 11.5 Å². The first kappa shape index (κ1) is 20.1. The Hall–Kier alpha value is -1.64. The number of carbonyl (C=O) groups excluding carboxylic acids is 1. The number of amides is 2. The predicted octanol–water partition coefficient (Wildman–Crippen LogP) is 2.38. The topological polar surface area (TPSA) is 63.3 Å². The van der Waals surface area contributed by atoms with E-state index >= 15 is 0 Å². The zero-order chi connectivity index (χ0) is 19.1. The molecule has 3 rings (SSSR count). The average Bonchev–Trinajstić information content (AvgIpc) is 2.94. The molecule has 1 aromatic carbocycles. The van der Waals surface area contributed by atoms with Gasteiger partial charge in [-0.15, -0.1) is 0 Å². The average molecular weight is 396 g/mol. The van der Waals surface area contributed by atoms with Crippen LogP contribution in [-0.4, -0.2) is 87.0 Å². The summed E-state index contributed by atoms with van der Waals surface area (Å²) in [6.45, 7) is 5.06. The van der Waals surface area contributed by atoms with E-state index in [9.17, 15) is 4.79 Å². The number of methoxy groups -OCH3 is 2. The largest absolute Gasteiger partial charge is 0.493 e. The van der Waals surface area contributed by atoms with E-state index in [0.29, 0.717) is 17.2 Å². The molecule has 1 unspecified atom stereocenters. The first-order chi connectivity index (χ1) is 13.2. The van der Waals surface area contributed by atoms with Gasteiger partial charge in [0.1, 0.15) is 0 Å². The summed E-state index contributed by atoms with van der Waals surface area (Å²) in [5, 5.41) is 3.03. The molecule has 8 heteroatoms. The van der Waals surface area contributed by atoms with Crippen LogP contribution in [0.1, 0.15) is 6.42 Å². The van der Waals surface area contributed by atoms with Gasteiger partial charge in [0, 0.05) is 31.9 Å². The molecule has 0 saturated carbocycles. The van der Waals surface area contributed by atoms with E-state index in [0.717, 1.165) is 57.3 Å². The molecule has 7 nitrogen and oxygen atoms in total. The molecule has 1 aromatic rings. The summed E-state index contributed by atoms with van der Waals surface area (Å²) >= 11 is 1.93. The Bertz CT molecular complexity index is 625. The fourth-order valence-electron chi connectivity index (χ4n) is 3.50. The molecule has 2 heterocycles. The van der Waals surface area contributed by atoms with E-state index < -0.39 is 0 Å². The molecule has 27 heavy (non-hydrogen) atoms. The number of thioether (sulfide) groups is 1. The van der Waals surface area contributed by atoms with E-state index in [-0.39, 0.29) is 12.1 Å². The van der Waals surface area contributed by atoms with Crippen LogP contribution in [0.25, 0.3) is 0 Å². The molecule has 2 fully saturated rings. The zero-order valence-electron chi connectivity index (χ0n) is 16.1. The summed E-state index contributed by atoms with van der Waals surface area (Å²) in [7, 11) is 3.17. The third kappa shape index (κ3) is 5.21. The summed E-state index contributed by atoms with van der Waals surface area (Å²) in [4.78, 5) is 17.5. The molecule has 2 aliphatic rings. The van der Waals surface area contributed by atoms with Gasteiger partial charge in [0.25, 0.3) is 0 Å². The Labute approximate surface area is 165 Å². The van der Waals surface area contributed by atoms with Crippen LogP contribution in [0.4, 0.5) is 10.5 Å². The second-order valence-corrected chi connectivity index (χ2v) is 7.81. The highest BCUT2D eigenvalue weighted by Crippen LogP contribution is 2.35. The summed E-state index contributed by atoms with van der Waals surface area (Å²) in [5.41, 5.74) is 0.629. The number of rotatable bonds is 5. The maximum atomic E-state index is 13.1. The van der Waals surface area contributed by atoms with Gasteiger partial charge >= 0.3 is 6.03 Å². The molecule has 2 amide bonds. The first-order valence-corrected chi connectivity index (χ1v) is 10.5. The number of urea groups is 1. The minimum atomic E-state index is -0.0812. The van der Waals surface area contributed by atoms with Gasteiger partial charge in [0.15, 0.2) is 11.5 Å². The number of nitrogens with one attached hydrogen (secondary N) is 1. The number of hydrogen-bond donors (Lipinski definition) is 1. The highest BCUT2D eigenvalue weighted by Gasteiger charge is 2.28. The molecule has 2 saturated heterocycles. The lowest BCUT2D eigenvalue weighted by Gasteiger charge is -2.35. The lowest BCUT2D eigenvalue weighted by Crippen LogP contribution is -2.51. The number of benzene rings is 1. The van der Waals surface area contributed by atoms with E-state index in [1.54, 1.807) is 14.2 Å². The molecule has 0 aromatic heterocycles. The van der Waals surface area contributed by atoms with Crippen LogP contribution < -0.4 is 14.8 Å². The van der Waals surface area contributed by atoms with Gasteiger partial charge in [0.2, 0.25) is 0 Å². The van der Waals surface area contributed by atoms with Gasteiger partial charge in [-0.25, -0.2) is 4.79 Å². The molecular formula is C19H29N3O4S. The van der Waals surface area contributed by atoms with Crippen LogP contribution in [0.3, 0.4) is 0 Å². The van der Waals surface area contributed by atoms with Gasteiger partial charge in [-0.05, 0) is 24.3 Å². The van der Waals surface area contributed by atoms with Crippen molar-refractivity contribution < 1.29 is 19.0 Å². The molecular weight excluding hydrogens is 366 g/mol. The molecule has 0 radical (unpaired) electrons. The monoisotopic (exact) mass is 395 g/mol. The predicted molar refractivity (Wildman–Crippen MR) is 108 cm³/mol. The van der Waals surface area contributed by atoms with Crippen molar-refractivity contribution in [2.24, 2.45) is 0 Å². The molecule has 150 valence electrons. The van der Waals surface area contributed by atoms with Crippen LogP contribution in [0.15, 0.2) is 18.2 Å². The summed E-state index contributed by atoms with van der Waals surface area (Å²) < 4.78 is 16.2. The standard InChI is InChI=1S/C19H29N3O4S/c1-24-17-6-3-5-16(18(17)25-2)20-19(23)22-7-4-12-27-14-15(22)13-21-8-10-26-11-9-21/h3,5-6,15H,4,7-14H2,1-2H3,(H,20,23). The van der Waals surface area contributed by atoms with Crippen molar-refractivity contribution in [3.8, 4) is 11.5 Å². The highest BCUT2D eigenvalue weighted by molar-refractivity contribution is 7.99. The molecule has 0 spiro atoms. The van der Waals surface area contributed by atoms with Crippen molar-refractivity contribution in [3.63, 3.8) is 0 Å². The quantitative estimate of drug-likeness (QED) is 0.826. The molecule has 1 atom stereocenters. The van der Waals surface area contributed by atoms with Crippen molar-refractivity contribution >= 4 is 23.5 Å². The van der Waals surface area contributed by atoms with Gasteiger partial charge in [-0.1, -0.05) is 6.07 Å². The zero-order valence-corrected chi connectivity index (χ0v) is 16.9. The van der Waals surface area contributed by atoms with Crippen molar-refractivity contribution in [1.82, 2.24) is 9.80 Å². The number of anilines is 1. The lowest BCUT2D eigenvalue weighted by molar-refractivity contribution is 0.0288. The highest BCUT2D eigenvalue weighted by atomic mass is 32.2. The fraction of sp³-hybridized carbons (Fsp3) is 0.632. The van der Waals surface area contributed by atoms with Gasteiger partial charge in [-0.3, -0.25) is 4.90 Å². The number of ether oxygens (including phenoxy) is 3. The molecule has 1 N–H and O–H groups in total. The fourth-order valence-corrected chi connectivity index (χ4v) is 4.56. The summed E-state index contributed by atoms with van der Waals surface area (Å²) in [6, 6.07) is 5.61. The van der Waals surface area contributed by atoms with E-state index in [1.807, 2.05) is 34.9 Å². The van der Waals surface area contributed by atoms with Crippen molar-refractivity contribution in [1.29, 1.82) is 0 Å². The summed E-state index contributed by atoms with van der Waals surface area (Å²) in [6.07, 6.45) is 1.01. The first-order valence-electron chi connectivity index (χ1n) is 9.39. The number of hydrogen-bond acceptors (Lipinski definition) is 6. The van der Waals surface area contributed by atoms with Crippen LogP contribution >= 0.6 is 11.8 Å². The number of carbonyl (C=O) groups is 1. The Morgan fingerprint density at radius 2 is 2.07 bits per heavy atom. The minimum Gasteiger partial charge on any atom is -0.493 e. The van der Waals surface area contributed by atoms with E-state index in [1.165, 1.54) is 0 Å². The minimum absolute atomic E-state index is 0.0812. The van der Waals surface area contributed by atoms with Crippen LogP contribution in [0, 0.1) is 0 Å². The normalized spacial score (nSPS) is 21.4. The van der Waals surface area contributed by atoms with Crippen molar-refractivity contribution in [2.45, 2.75) is 12.5 Å². The van der Waals surface area contributed by atoms with Crippen LogP contribution in [-0.2, 0) is 4.74 Å². The number of nitrogens with zero attached hydrogens (tertiary/aromatic N) is 2. The smallest absolute Gasteiger partial charge is 0.322 e. The van der Waals surface area contributed by atoms with E-state index in [2.05, 4.69) is 10.2 Å². The Morgan fingerprint density at radius 1 is 1.26 bits per heavy atom. The second kappa shape index (κ2) is 10.1. The number of morpholine rings is 1. The van der Waals surface area contributed by atoms with Crippen LogP contribution in [0.2, 0.25) is 0 Å². The summed E-state index contributed by atoms with van der Waals surface area (Å²) in [5.74, 6) is 3.19. The Balaban J connectivity index is 1.72. The second-order valence-electron chi connectivity index (χ2n) is 6.66. The molecule has 0 aliphatic carbocycles. The lowest BCUT2D eigenvalue weighted by atomic mass is 10.2. The van der Waals surface area contributed by atoms with Gasteiger partial charge < -0.3 is 24.4 Å². The number of para-hydroxylation sites is 1. The van der Waals surface area contributed by atoms with Crippen molar-refractivity contribution in [3.05, 3.63) is 18.2 Å². The Morgan fingerprint density at radius 3 is 2.81 bits per heavy atom. The maximum Gasteiger partial charge on any atom is 0.322 e. The molecule has 2 aliphatic heterocycles. The Kier molecular flexibility index (Phi) is 7.49. The third-order valence-corrected chi connectivity index (χ3v) is 6.11. The molecule has 0 bridgehead atoms. The van der Waals surface area contributed by atoms with Gasteiger partial charge in [-0.2, -0.15) is 11.8 Å². The SMILES string of the molecule is COc1cccc(NC(=O)N2CCCSCC2CN2CCOCC2)c1OC. The maximum absolute atomic E-state index is 13.1. The van der Waals surface area contributed by atoms with Gasteiger partial charge in [0.05, 0.1) is 39.2 Å². The van der Waals surface area contributed by atoms with E-state index in [4.69, 9.17) is 14.2 Å². The van der Waals surface area contributed by atoms with Crippen molar-refractivity contribution in [2.75, 3.05) is 70.4 Å².